The second-order valence-corrected chi connectivity index (χ2v) is 8.57. The van der Waals surface area contributed by atoms with Crippen LogP contribution in [-0.4, -0.2) is 80.3 Å². The Morgan fingerprint density at radius 2 is 1.71 bits per heavy atom. The predicted octanol–water partition coefficient (Wildman–Crippen LogP) is -1.75. The monoisotopic (exact) mass is 366 g/mol. The first-order valence-corrected chi connectivity index (χ1v) is 9.46. The Labute approximate surface area is 144 Å². The molecular weight excluding hydrogens is 336 g/mol. The number of hydrogen-bond donors (Lipinski definition) is 4. The molecule has 0 aromatic rings. The maximum Gasteiger partial charge on any atom is 0.242 e. The van der Waals surface area contributed by atoms with E-state index in [0.29, 0.717) is 0 Å². The van der Waals surface area contributed by atoms with E-state index in [2.05, 4.69) is 16.0 Å². The molecule has 3 atom stereocenters. The molecule has 0 aromatic carbocycles. The van der Waals surface area contributed by atoms with Crippen molar-refractivity contribution in [3.8, 4) is 0 Å². The summed E-state index contributed by atoms with van der Waals surface area (Å²) in [6, 6.07) is -1.48. The number of nitrogens with zero attached hydrogens (tertiary/aromatic N) is 1. The van der Waals surface area contributed by atoms with Gasteiger partial charge >= 0.3 is 0 Å². The van der Waals surface area contributed by atoms with Gasteiger partial charge in [0.05, 0.1) is 23.9 Å². The minimum atomic E-state index is -3.41. The molecule has 0 spiro atoms. The highest BCUT2D eigenvalue weighted by atomic mass is 32.2. The molecule has 9 nitrogen and oxygen atoms in total. The lowest BCUT2D eigenvalue weighted by atomic mass is 10.0. The van der Waals surface area contributed by atoms with Crippen LogP contribution in [0, 0.1) is 0 Å². The molecule has 10 heteroatoms. The van der Waals surface area contributed by atoms with Gasteiger partial charge in [0, 0.05) is 13.6 Å². The molecule has 142 valence electrons. The van der Waals surface area contributed by atoms with E-state index in [4.69, 9.17) is 0 Å². The van der Waals surface area contributed by atoms with Crippen molar-refractivity contribution in [1.82, 2.24) is 20.3 Å². The number of nitrogens with one attached hydrogen (secondary N) is 3. The molecule has 0 heterocycles. The van der Waals surface area contributed by atoms with Crippen LogP contribution in [-0.2, 0) is 19.6 Å². The van der Waals surface area contributed by atoms with Gasteiger partial charge in [-0.3, -0.25) is 9.59 Å². The zero-order valence-electron chi connectivity index (χ0n) is 15.4. The smallest absolute Gasteiger partial charge is 0.242 e. The lowest BCUT2D eigenvalue weighted by molar-refractivity contribution is -0.132. The van der Waals surface area contributed by atoms with Crippen LogP contribution in [0.5, 0.6) is 0 Å². The third-order valence-electron chi connectivity index (χ3n) is 3.89. The van der Waals surface area contributed by atoms with E-state index >= 15 is 0 Å². The van der Waals surface area contributed by atoms with Crippen molar-refractivity contribution in [2.24, 2.45) is 0 Å². The van der Waals surface area contributed by atoms with Crippen LogP contribution < -0.4 is 16.0 Å². The standard InChI is InChI=1S/C14H30N4O5S/c1-9(11(19)8-18(6)24(7,22)23)16-12(20)10(2)17-13(21)14(3,4)15-5/h9-11,15,19H,8H2,1-7H3,(H,16,20)(H,17,21)/t9-,10-,11+/m0/s1. The van der Waals surface area contributed by atoms with Gasteiger partial charge in [-0.25, -0.2) is 12.7 Å². The highest BCUT2D eigenvalue weighted by Gasteiger charge is 2.29. The Bertz CT molecular complexity index is 549. The lowest BCUT2D eigenvalue weighted by Crippen LogP contribution is -2.57. The van der Waals surface area contributed by atoms with Crippen LogP contribution in [0.2, 0.25) is 0 Å². The molecule has 0 aromatic heterocycles. The number of aliphatic hydroxyl groups is 1. The first kappa shape index (κ1) is 22.8. The molecule has 4 N–H and O–H groups in total. The summed E-state index contributed by atoms with van der Waals surface area (Å²) in [4.78, 5) is 24.1. The third-order valence-corrected chi connectivity index (χ3v) is 5.17. The Balaban J connectivity index is 4.61. The molecule has 0 aliphatic rings. The number of carbonyl (C=O) groups is 2. The average Bonchev–Trinajstić information content (AvgIpc) is 2.45. The van der Waals surface area contributed by atoms with Gasteiger partial charge in [-0.15, -0.1) is 0 Å². The molecule has 0 bridgehead atoms. The molecule has 0 aliphatic carbocycles. The van der Waals surface area contributed by atoms with Crippen LogP contribution >= 0.6 is 0 Å². The number of likely N-dealkylation sites (N-methyl/N-ethyl adjacent to an activating group) is 2. The normalized spacial score (nSPS) is 16.4. The van der Waals surface area contributed by atoms with Crippen LogP contribution in [0.15, 0.2) is 0 Å². The quantitative estimate of drug-likeness (QED) is 0.383. The van der Waals surface area contributed by atoms with Crippen molar-refractivity contribution in [2.75, 3.05) is 26.9 Å². The summed E-state index contributed by atoms with van der Waals surface area (Å²) in [5, 5.41) is 18.0. The van der Waals surface area contributed by atoms with Crippen LogP contribution in [0.25, 0.3) is 0 Å². The van der Waals surface area contributed by atoms with E-state index in [-0.39, 0.29) is 12.5 Å². The maximum atomic E-state index is 12.1. The van der Waals surface area contributed by atoms with Gasteiger partial charge in [0.1, 0.15) is 6.04 Å². The topological polar surface area (TPSA) is 128 Å². The van der Waals surface area contributed by atoms with E-state index in [0.717, 1.165) is 10.6 Å². The lowest BCUT2D eigenvalue weighted by Gasteiger charge is -2.27. The van der Waals surface area contributed by atoms with Crippen LogP contribution in [0.1, 0.15) is 27.7 Å². The van der Waals surface area contributed by atoms with E-state index < -0.39 is 39.7 Å². The van der Waals surface area contributed by atoms with Crippen molar-refractivity contribution >= 4 is 21.8 Å². The van der Waals surface area contributed by atoms with Crippen molar-refractivity contribution in [2.45, 2.75) is 51.4 Å². The number of sulfonamides is 1. The fourth-order valence-corrected chi connectivity index (χ4v) is 1.98. The summed E-state index contributed by atoms with van der Waals surface area (Å²) >= 11 is 0. The second kappa shape index (κ2) is 8.75. The fraction of sp³-hybridized carbons (Fsp3) is 0.857. The van der Waals surface area contributed by atoms with Gasteiger partial charge in [-0.1, -0.05) is 0 Å². The predicted molar refractivity (Wildman–Crippen MR) is 91.8 cm³/mol. The van der Waals surface area contributed by atoms with Gasteiger partial charge in [0.25, 0.3) is 0 Å². The maximum absolute atomic E-state index is 12.1. The second-order valence-electron chi connectivity index (χ2n) is 6.48. The minimum absolute atomic E-state index is 0.145. The van der Waals surface area contributed by atoms with Crippen molar-refractivity contribution < 1.29 is 23.1 Å². The molecule has 0 saturated carbocycles. The summed E-state index contributed by atoms with van der Waals surface area (Å²) in [6.07, 6.45) is -0.0466. The molecule has 0 radical (unpaired) electrons. The molecule has 0 aliphatic heterocycles. The molecule has 0 unspecified atom stereocenters. The van der Waals surface area contributed by atoms with Gasteiger partial charge in [-0.2, -0.15) is 0 Å². The van der Waals surface area contributed by atoms with Crippen LogP contribution in [0.4, 0.5) is 0 Å². The highest BCUT2D eigenvalue weighted by molar-refractivity contribution is 7.88. The Kier molecular flexibility index (Phi) is 8.30. The number of rotatable bonds is 9. The summed E-state index contributed by atoms with van der Waals surface area (Å²) in [5.41, 5.74) is -0.822. The molecule has 0 saturated heterocycles. The van der Waals surface area contributed by atoms with E-state index in [1.807, 2.05) is 0 Å². The van der Waals surface area contributed by atoms with Gasteiger partial charge in [0.15, 0.2) is 0 Å². The molecule has 24 heavy (non-hydrogen) atoms. The summed E-state index contributed by atoms with van der Waals surface area (Å²) in [5.74, 6) is -0.804. The average molecular weight is 366 g/mol. The van der Waals surface area contributed by atoms with Gasteiger partial charge < -0.3 is 21.1 Å². The summed E-state index contributed by atoms with van der Waals surface area (Å²) < 4.78 is 23.7. The number of hydrogen-bond acceptors (Lipinski definition) is 6. The first-order chi connectivity index (χ1) is 10.7. The van der Waals surface area contributed by atoms with Gasteiger partial charge in [-0.05, 0) is 34.7 Å². The Morgan fingerprint density at radius 1 is 1.21 bits per heavy atom. The zero-order valence-corrected chi connectivity index (χ0v) is 16.2. The SMILES string of the molecule is CNC(C)(C)C(=O)N[C@@H](C)C(=O)N[C@@H](C)[C@H](O)CN(C)S(C)(=O)=O. The Morgan fingerprint density at radius 3 is 2.12 bits per heavy atom. The third kappa shape index (κ3) is 7.12. The van der Waals surface area contributed by atoms with E-state index in [9.17, 15) is 23.1 Å². The van der Waals surface area contributed by atoms with Gasteiger partial charge in [0.2, 0.25) is 21.8 Å². The minimum Gasteiger partial charge on any atom is -0.390 e. The molecule has 2 amide bonds. The number of aliphatic hydroxyl groups excluding tert-OH is 1. The van der Waals surface area contributed by atoms with Crippen molar-refractivity contribution in [3.05, 3.63) is 0 Å². The fourth-order valence-electron chi connectivity index (χ4n) is 1.56. The highest BCUT2D eigenvalue weighted by Crippen LogP contribution is 2.03. The molecule has 0 fully saturated rings. The number of carbonyl (C=O) groups excluding carboxylic acids is 2. The zero-order chi connectivity index (χ0) is 19.3. The van der Waals surface area contributed by atoms with Crippen molar-refractivity contribution in [1.29, 1.82) is 0 Å². The summed E-state index contributed by atoms with van der Waals surface area (Å²) in [6.45, 7) is 6.31. The number of amides is 2. The Hall–Kier alpha value is -1.23. The van der Waals surface area contributed by atoms with Crippen molar-refractivity contribution in [3.63, 3.8) is 0 Å². The van der Waals surface area contributed by atoms with Crippen LogP contribution in [0.3, 0.4) is 0 Å². The first-order valence-electron chi connectivity index (χ1n) is 7.62. The van der Waals surface area contributed by atoms with E-state index in [1.165, 1.54) is 14.0 Å². The molecular formula is C14H30N4O5S. The molecule has 0 rings (SSSR count). The summed E-state index contributed by atoms with van der Waals surface area (Å²) in [7, 11) is -0.432. The van der Waals surface area contributed by atoms with E-state index in [1.54, 1.807) is 27.8 Å². The largest absolute Gasteiger partial charge is 0.390 e.